The van der Waals surface area contributed by atoms with Crippen LogP contribution in [0.15, 0.2) is 0 Å². The standard InChI is InChI=1S/C30H58O7/c1-2-3-4-5-6-7-8-9-10-11-12-13-14-15-16-30(29(31)32)17-19-33-21-23-35-25-27-37-28-26-36-24-22-34-20-18-30/h2-28H2,1H3,(H,31,32). The fraction of sp³-hybridized carbons (Fsp3) is 0.967. The predicted octanol–water partition coefficient (Wildman–Crippen LogP) is 6.81. The minimum absolute atomic E-state index is 0.424. The summed E-state index contributed by atoms with van der Waals surface area (Å²) in [7, 11) is 0. The molecule has 0 amide bonds. The number of ether oxygens (including phenoxy) is 5. The van der Waals surface area contributed by atoms with Crippen molar-refractivity contribution >= 4 is 5.97 Å². The normalized spacial score (nSPS) is 19.2. The highest BCUT2D eigenvalue weighted by molar-refractivity contribution is 5.74. The van der Waals surface area contributed by atoms with Crippen LogP contribution >= 0.6 is 0 Å². The van der Waals surface area contributed by atoms with Crippen molar-refractivity contribution in [1.82, 2.24) is 0 Å². The smallest absolute Gasteiger partial charge is 0.309 e. The molecule has 0 unspecified atom stereocenters. The second-order valence-electron chi connectivity index (χ2n) is 10.5. The Balaban J connectivity index is 2.27. The van der Waals surface area contributed by atoms with Gasteiger partial charge in [0.15, 0.2) is 0 Å². The van der Waals surface area contributed by atoms with Crippen LogP contribution in [0.4, 0.5) is 0 Å². The Morgan fingerprint density at radius 3 is 1.14 bits per heavy atom. The molecule has 0 atom stereocenters. The van der Waals surface area contributed by atoms with Gasteiger partial charge in [-0.05, 0) is 19.3 Å². The first-order valence-corrected chi connectivity index (χ1v) is 15.3. The van der Waals surface area contributed by atoms with Crippen LogP contribution in [-0.2, 0) is 28.5 Å². The van der Waals surface area contributed by atoms with Crippen molar-refractivity contribution in [2.45, 2.75) is 116 Å². The van der Waals surface area contributed by atoms with Crippen molar-refractivity contribution in [2.75, 3.05) is 66.1 Å². The van der Waals surface area contributed by atoms with Crippen molar-refractivity contribution in [3.8, 4) is 0 Å². The van der Waals surface area contributed by atoms with E-state index in [0.29, 0.717) is 85.3 Å². The van der Waals surface area contributed by atoms with Crippen molar-refractivity contribution < 1.29 is 33.6 Å². The highest BCUT2D eigenvalue weighted by Crippen LogP contribution is 2.34. The molecule has 0 aliphatic carbocycles. The van der Waals surface area contributed by atoms with Crippen LogP contribution < -0.4 is 0 Å². The summed E-state index contributed by atoms with van der Waals surface area (Å²) >= 11 is 0. The summed E-state index contributed by atoms with van der Waals surface area (Å²) in [5.74, 6) is -0.728. The maximum atomic E-state index is 12.4. The second kappa shape index (κ2) is 25.5. The molecule has 1 saturated heterocycles. The molecule has 1 heterocycles. The van der Waals surface area contributed by atoms with Crippen LogP contribution in [0.5, 0.6) is 0 Å². The summed E-state index contributed by atoms with van der Waals surface area (Å²) < 4.78 is 27.9. The number of hydrogen-bond donors (Lipinski definition) is 1. The molecule has 1 fully saturated rings. The van der Waals surface area contributed by atoms with Gasteiger partial charge in [-0.1, -0.05) is 96.8 Å². The monoisotopic (exact) mass is 530 g/mol. The van der Waals surface area contributed by atoms with E-state index in [1.165, 1.54) is 77.0 Å². The van der Waals surface area contributed by atoms with Crippen molar-refractivity contribution in [1.29, 1.82) is 0 Å². The molecule has 1 rings (SSSR count). The van der Waals surface area contributed by atoms with Gasteiger partial charge in [0.1, 0.15) is 0 Å². The minimum atomic E-state index is -0.794. The van der Waals surface area contributed by atoms with Gasteiger partial charge in [0, 0.05) is 13.2 Å². The molecule has 0 aromatic rings. The summed E-state index contributed by atoms with van der Waals surface area (Å²) in [6.07, 6.45) is 19.9. The quantitative estimate of drug-likeness (QED) is 0.220. The lowest BCUT2D eigenvalue weighted by atomic mass is 9.77. The van der Waals surface area contributed by atoms with Gasteiger partial charge in [-0.2, -0.15) is 0 Å². The molecule has 1 aliphatic heterocycles. The van der Waals surface area contributed by atoms with E-state index in [-0.39, 0.29) is 0 Å². The minimum Gasteiger partial charge on any atom is -0.481 e. The Kier molecular flexibility index (Phi) is 23.7. The molecule has 0 bridgehead atoms. The summed E-state index contributed by atoms with van der Waals surface area (Å²) in [4.78, 5) is 12.4. The Labute approximate surface area is 227 Å². The first kappa shape index (κ1) is 34.3. The van der Waals surface area contributed by atoms with Crippen LogP contribution in [0.3, 0.4) is 0 Å². The highest BCUT2D eigenvalue weighted by atomic mass is 16.6. The molecule has 37 heavy (non-hydrogen) atoms. The average Bonchev–Trinajstić information content (AvgIpc) is 2.89. The molecular formula is C30H58O7. The van der Waals surface area contributed by atoms with Crippen LogP contribution in [0, 0.1) is 5.41 Å². The zero-order valence-corrected chi connectivity index (χ0v) is 24.0. The first-order chi connectivity index (χ1) is 18.2. The lowest BCUT2D eigenvalue weighted by Crippen LogP contribution is -2.34. The van der Waals surface area contributed by atoms with E-state index in [1.54, 1.807) is 0 Å². The van der Waals surface area contributed by atoms with E-state index < -0.39 is 11.4 Å². The topological polar surface area (TPSA) is 83.5 Å². The molecule has 0 radical (unpaired) electrons. The number of carbonyl (C=O) groups is 1. The summed E-state index contributed by atoms with van der Waals surface area (Å²) in [5.41, 5.74) is -0.794. The van der Waals surface area contributed by atoms with Gasteiger partial charge in [0.2, 0.25) is 0 Å². The number of carboxylic acid groups (broad SMARTS) is 1. The third kappa shape index (κ3) is 19.9. The largest absolute Gasteiger partial charge is 0.481 e. The molecular weight excluding hydrogens is 472 g/mol. The lowest BCUT2D eigenvalue weighted by Gasteiger charge is -2.29. The first-order valence-electron chi connectivity index (χ1n) is 15.3. The molecule has 220 valence electrons. The third-order valence-electron chi connectivity index (χ3n) is 7.40. The lowest BCUT2D eigenvalue weighted by molar-refractivity contribution is -0.152. The zero-order valence-electron chi connectivity index (χ0n) is 24.0. The van der Waals surface area contributed by atoms with E-state index in [2.05, 4.69) is 6.92 Å². The number of hydrogen-bond acceptors (Lipinski definition) is 6. The van der Waals surface area contributed by atoms with Gasteiger partial charge in [-0.15, -0.1) is 0 Å². The Hall–Kier alpha value is -0.730. The van der Waals surface area contributed by atoms with Crippen LogP contribution in [0.1, 0.15) is 116 Å². The molecule has 0 aromatic carbocycles. The van der Waals surface area contributed by atoms with E-state index >= 15 is 0 Å². The highest BCUT2D eigenvalue weighted by Gasteiger charge is 2.37. The van der Waals surface area contributed by atoms with Crippen molar-refractivity contribution in [2.24, 2.45) is 5.41 Å². The van der Waals surface area contributed by atoms with E-state index in [1.807, 2.05) is 0 Å². The average molecular weight is 531 g/mol. The molecule has 0 spiro atoms. The van der Waals surface area contributed by atoms with E-state index in [9.17, 15) is 9.90 Å². The van der Waals surface area contributed by atoms with Gasteiger partial charge in [0.25, 0.3) is 0 Å². The molecule has 0 aromatic heterocycles. The molecule has 7 nitrogen and oxygen atoms in total. The predicted molar refractivity (Wildman–Crippen MR) is 148 cm³/mol. The maximum Gasteiger partial charge on any atom is 0.309 e. The van der Waals surface area contributed by atoms with Gasteiger partial charge in [-0.25, -0.2) is 0 Å². The van der Waals surface area contributed by atoms with Crippen LogP contribution in [0.25, 0.3) is 0 Å². The maximum absolute atomic E-state index is 12.4. The molecule has 0 saturated carbocycles. The van der Waals surface area contributed by atoms with Gasteiger partial charge in [0.05, 0.1) is 58.3 Å². The number of aliphatic carboxylic acids is 1. The number of carboxylic acids is 1. The van der Waals surface area contributed by atoms with Crippen LogP contribution in [0.2, 0.25) is 0 Å². The summed E-state index contributed by atoms with van der Waals surface area (Å²) in [6.45, 7) is 7.12. The Morgan fingerprint density at radius 1 is 0.514 bits per heavy atom. The SMILES string of the molecule is CCCCCCCCCCCCCCCCC1(C(=O)O)CCOCCOCCOCCOCCOCC1. The van der Waals surface area contributed by atoms with E-state index in [4.69, 9.17) is 23.7 Å². The third-order valence-corrected chi connectivity index (χ3v) is 7.40. The summed E-state index contributed by atoms with van der Waals surface area (Å²) in [5, 5.41) is 10.2. The van der Waals surface area contributed by atoms with E-state index in [0.717, 1.165) is 12.8 Å². The molecule has 1 aliphatic rings. The zero-order chi connectivity index (χ0) is 26.7. The summed E-state index contributed by atoms with van der Waals surface area (Å²) in [6, 6.07) is 0. The fourth-order valence-corrected chi connectivity index (χ4v) is 4.87. The van der Waals surface area contributed by atoms with Crippen molar-refractivity contribution in [3.05, 3.63) is 0 Å². The van der Waals surface area contributed by atoms with Crippen molar-refractivity contribution in [3.63, 3.8) is 0 Å². The molecule has 7 heteroatoms. The Morgan fingerprint density at radius 2 is 0.811 bits per heavy atom. The number of rotatable bonds is 16. The van der Waals surface area contributed by atoms with Gasteiger partial charge in [-0.3, -0.25) is 4.79 Å². The van der Waals surface area contributed by atoms with Crippen LogP contribution in [-0.4, -0.2) is 77.1 Å². The Bertz CT molecular complexity index is 482. The fourth-order valence-electron chi connectivity index (χ4n) is 4.87. The molecule has 1 N–H and O–H groups in total. The van der Waals surface area contributed by atoms with Gasteiger partial charge < -0.3 is 28.8 Å². The van der Waals surface area contributed by atoms with Gasteiger partial charge >= 0.3 is 5.97 Å². The number of unbranched alkanes of at least 4 members (excludes halogenated alkanes) is 13. The second-order valence-corrected chi connectivity index (χ2v) is 10.5.